The van der Waals surface area contributed by atoms with Crippen molar-refractivity contribution >= 4 is 51.7 Å². The second-order valence-corrected chi connectivity index (χ2v) is 7.76. The number of thioether (sulfide) groups is 1. The lowest BCUT2D eigenvalue weighted by atomic mass is 10.2. The van der Waals surface area contributed by atoms with Gasteiger partial charge in [0.2, 0.25) is 0 Å². The van der Waals surface area contributed by atoms with Crippen molar-refractivity contribution in [3.8, 4) is 11.5 Å². The Morgan fingerprint density at radius 1 is 1.22 bits per heavy atom. The Labute approximate surface area is 168 Å². The molecule has 1 fully saturated rings. The molecule has 7 heteroatoms. The largest absolute Gasteiger partial charge is 0.504 e. The van der Waals surface area contributed by atoms with Gasteiger partial charge in [0.1, 0.15) is 0 Å². The quantitative estimate of drug-likeness (QED) is 0.598. The van der Waals surface area contributed by atoms with Crippen LogP contribution in [-0.4, -0.2) is 36.0 Å². The van der Waals surface area contributed by atoms with Gasteiger partial charge in [0.25, 0.3) is 5.91 Å². The van der Waals surface area contributed by atoms with Crippen LogP contribution in [0.3, 0.4) is 0 Å². The number of aromatic hydroxyl groups is 1. The van der Waals surface area contributed by atoms with Crippen molar-refractivity contribution in [2.24, 2.45) is 0 Å². The molecule has 0 saturated carbocycles. The summed E-state index contributed by atoms with van der Waals surface area (Å²) in [5.74, 6) is 0.303. The van der Waals surface area contributed by atoms with Crippen LogP contribution in [-0.2, 0) is 4.79 Å². The maximum absolute atomic E-state index is 12.9. The number of rotatable bonds is 5. The van der Waals surface area contributed by atoms with Gasteiger partial charge >= 0.3 is 0 Å². The van der Waals surface area contributed by atoms with Gasteiger partial charge in [0, 0.05) is 19.8 Å². The molecular formula is C20H20N2O3S2. The van der Waals surface area contributed by atoms with E-state index in [1.54, 1.807) is 24.3 Å². The van der Waals surface area contributed by atoms with Crippen molar-refractivity contribution in [1.29, 1.82) is 0 Å². The number of benzene rings is 2. The number of amides is 1. The number of thiocarbonyl (C=S) groups is 1. The molecule has 140 valence electrons. The topological polar surface area (TPSA) is 53.0 Å². The Morgan fingerprint density at radius 2 is 1.93 bits per heavy atom. The van der Waals surface area contributed by atoms with Crippen molar-refractivity contribution in [2.45, 2.75) is 6.92 Å². The SMILES string of the molecule is CCOc1cc(C=C2SC(=S)N(c3ccc(N(C)C)cc3)C2=O)ccc1O. The highest BCUT2D eigenvalue weighted by molar-refractivity contribution is 8.27. The Balaban J connectivity index is 1.87. The lowest BCUT2D eigenvalue weighted by Gasteiger charge is -2.17. The third-order valence-corrected chi connectivity index (χ3v) is 5.30. The van der Waals surface area contributed by atoms with E-state index in [0.717, 1.165) is 16.9 Å². The smallest absolute Gasteiger partial charge is 0.270 e. The number of phenols is 1. The van der Waals surface area contributed by atoms with Gasteiger partial charge in [-0.1, -0.05) is 30.0 Å². The minimum atomic E-state index is -0.159. The molecule has 27 heavy (non-hydrogen) atoms. The zero-order valence-electron chi connectivity index (χ0n) is 15.3. The molecule has 3 rings (SSSR count). The molecule has 0 unspecified atom stereocenters. The van der Waals surface area contributed by atoms with Crippen LogP contribution in [0.2, 0.25) is 0 Å². The Morgan fingerprint density at radius 3 is 2.56 bits per heavy atom. The van der Waals surface area contributed by atoms with E-state index in [-0.39, 0.29) is 11.7 Å². The first-order valence-corrected chi connectivity index (χ1v) is 9.64. The summed E-state index contributed by atoms with van der Waals surface area (Å²) >= 11 is 6.68. The number of nitrogens with zero attached hydrogens (tertiary/aromatic N) is 2. The van der Waals surface area contributed by atoms with Crippen LogP contribution in [0.15, 0.2) is 47.4 Å². The fourth-order valence-corrected chi connectivity index (χ4v) is 3.93. The van der Waals surface area contributed by atoms with Crippen LogP contribution in [0.5, 0.6) is 11.5 Å². The van der Waals surface area contributed by atoms with Crippen LogP contribution in [0.25, 0.3) is 6.08 Å². The summed E-state index contributed by atoms with van der Waals surface area (Å²) in [5.41, 5.74) is 2.55. The van der Waals surface area contributed by atoms with Crippen molar-refractivity contribution in [3.63, 3.8) is 0 Å². The molecule has 0 aliphatic carbocycles. The molecular weight excluding hydrogens is 380 g/mol. The predicted molar refractivity (Wildman–Crippen MR) is 116 cm³/mol. The average Bonchev–Trinajstić information content (AvgIpc) is 2.91. The molecule has 1 N–H and O–H groups in total. The van der Waals surface area contributed by atoms with E-state index < -0.39 is 0 Å². The molecule has 2 aromatic rings. The number of ether oxygens (including phenoxy) is 1. The van der Waals surface area contributed by atoms with E-state index in [9.17, 15) is 9.90 Å². The van der Waals surface area contributed by atoms with E-state index in [1.807, 2.05) is 50.2 Å². The van der Waals surface area contributed by atoms with Gasteiger partial charge < -0.3 is 14.7 Å². The molecule has 5 nitrogen and oxygen atoms in total. The number of anilines is 2. The van der Waals surface area contributed by atoms with Crippen LogP contribution in [0.1, 0.15) is 12.5 Å². The lowest BCUT2D eigenvalue weighted by Crippen LogP contribution is -2.27. The molecule has 0 spiro atoms. The van der Waals surface area contributed by atoms with Crippen LogP contribution in [0, 0.1) is 0 Å². The van der Waals surface area contributed by atoms with Gasteiger partial charge in [-0.25, -0.2) is 0 Å². The predicted octanol–water partition coefficient (Wildman–Crippen LogP) is 4.26. The molecule has 1 saturated heterocycles. The monoisotopic (exact) mass is 400 g/mol. The number of hydrogen-bond acceptors (Lipinski definition) is 6. The Bertz CT molecular complexity index is 908. The maximum atomic E-state index is 12.9. The molecule has 0 aromatic heterocycles. The summed E-state index contributed by atoms with van der Waals surface area (Å²) in [4.78, 5) is 16.9. The summed E-state index contributed by atoms with van der Waals surface area (Å²) in [6.07, 6.45) is 1.76. The van der Waals surface area contributed by atoms with Gasteiger partial charge in [0.05, 0.1) is 17.2 Å². The molecule has 0 bridgehead atoms. The number of carbonyl (C=O) groups is 1. The van der Waals surface area contributed by atoms with Crippen molar-refractivity contribution < 1.29 is 14.6 Å². The van der Waals surface area contributed by atoms with Crippen LogP contribution >= 0.6 is 24.0 Å². The highest BCUT2D eigenvalue weighted by Crippen LogP contribution is 2.37. The third kappa shape index (κ3) is 4.09. The Hall–Kier alpha value is -2.51. The van der Waals surface area contributed by atoms with Crippen molar-refractivity contribution in [1.82, 2.24) is 0 Å². The minimum absolute atomic E-state index is 0.0718. The molecule has 1 heterocycles. The standard InChI is InChI=1S/C20H20N2O3S2/c1-4-25-17-11-13(5-10-16(17)23)12-18-19(24)22(20(26)27-18)15-8-6-14(7-9-15)21(2)3/h5-12,23H,4H2,1-3H3. The van der Waals surface area contributed by atoms with Gasteiger partial charge in [-0.3, -0.25) is 9.69 Å². The first kappa shape index (κ1) is 19.3. The highest BCUT2D eigenvalue weighted by Gasteiger charge is 2.33. The van der Waals surface area contributed by atoms with E-state index in [0.29, 0.717) is 21.6 Å². The fourth-order valence-electron chi connectivity index (χ4n) is 2.63. The molecule has 2 aromatic carbocycles. The summed E-state index contributed by atoms with van der Waals surface area (Å²) in [5, 5.41) is 9.82. The summed E-state index contributed by atoms with van der Waals surface area (Å²) in [6.45, 7) is 2.29. The molecule has 1 aliphatic rings. The first-order valence-electron chi connectivity index (χ1n) is 8.42. The zero-order chi connectivity index (χ0) is 19.6. The van der Waals surface area contributed by atoms with Crippen LogP contribution < -0.4 is 14.5 Å². The van der Waals surface area contributed by atoms with Crippen molar-refractivity contribution in [3.05, 3.63) is 52.9 Å². The summed E-state index contributed by atoms with van der Waals surface area (Å²) < 4.78 is 5.89. The molecule has 0 radical (unpaired) electrons. The van der Waals surface area contributed by atoms with E-state index in [4.69, 9.17) is 17.0 Å². The minimum Gasteiger partial charge on any atom is -0.504 e. The number of carbonyl (C=O) groups excluding carboxylic acids is 1. The van der Waals surface area contributed by atoms with Gasteiger partial charge in [-0.05, 0) is 55.0 Å². The second kappa shape index (κ2) is 8.02. The van der Waals surface area contributed by atoms with Crippen LogP contribution in [0.4, 0.5) is 11.4 Å². The molecule has 0 atom stereocenters. The van der Waals surface area contributed by atoms with Gasteiger partial charge in [-0.2, -0.15) is 0 Å². The zero-order valence-corrected chi connectivity index (χ0v) is 16.9. The fraction of sp³-hybridized carbons (Fsp3) is 0.200. The van der Waals surface area contributed by atoms with E-state index in [2.05, 4.69) is 0 Å². The average molecular weight is 401 g/mol. The van der Waals surface area contributed by atoms with E-state index in [1.165, 1.54) is 16.7 Å². The number of hydrogen-bond donors (Lipinski definition) is 1. The Kier molecular flexibility index (Phi) is 5.72. The maximum Gasteiger partial charge on any atom is 0.270 e. The van der Waals surface area contributed by atoms with Gasteiger partial charge in [-0.15, -0.1) is 0 Å². The summed E-state index contributed by atoms with van der Waals surface area (Å²) in [7, 11) is 3.93. The first-order chi connectivity index (χ1) is 12.9. The van der Waals surface area contributed by atoms with E-state index >= 15 is 0 Å². The third-order valence-electron chi connectivity index (χ3n) is 4.00. The second-order valence-electron chi connectivity index (χ2n) is 6.09. The number of phenolic OH excluding ortho intramolecular Hbond substituents is 1. The highest BCUT2D eigenvalue weighted by atomic mass is 32.2. The van der Waals surface area contributed by atoms with Crippen molar-refractivity contribution in [2.75, 3.05) is 30.5 Å². The lowest BCUT2D eigenvalue weighted by molar-refractivity contribution is -0.113. The molecule has 1 amide bonds. The van der Waals surface area contributed by atoms with Gasteiger partial charge in [0.15, 0.2) is 15.8 Å². The molecule has 1 aliphatic heterocycles. The summed E-state index contributed by atoms with van der Waals surface area (Å²) in [6, 6.07) is 12.7. The normalized spacial score (nSPS) is 15.5.